The van der Waals surface area contributed by atoms with E-state index in [0.717, 1.165) is 25.7 Å². The van der Waals surface area contributed by atoms with E-state index >= 15 is 0 Å². The molecule has 7 heteroatoms. The van der Waals surface area contributed by atoms with Gasteiger partial charge in [-0.1, -0.05) is 20.3 Å². The number of amides is 1. The third-order valence-electron chi connectivity index (χ3n) is 6.46. The Morgan fingerprint density at radius 2 is 2.04 bits per heavy atom. The molecule has 4 atom stereocenters. The largest absolute Gasteiger partial charge is 0.487 e. The first kappa shape index (κ1) is 19.0. The lowest BCUT2D eigenvalue weighted by molar-refractivity contribution is 0.0407. The van der Waals surface area contributed by atoms with Gasteiger partial charge >= 0.3 is 5.97 Å². The fourth-order valence-electron chi connectivity index (χ4n) is 5.16. The molecular weight excluding hydrogens is 360 g/mol. The lowest BCUT2D eigenvalue weighted by Crippen LogP contribution is -2.53. The number of carbonyl (C=O) groups excluding carboxylic acids is 2. The molecule has 1 aromatic heterocycles. The van der Waals surface area contributed by atoms with E-state index in [1.165, 1.54) is 6.20 Å². The van der Waals surface area contributed by atoms with Crippen LogP contribution in [0.2, 0.25) is 0 Å². The number of ether oxygens (including phenoxy) is 2. The molecule has 1 aliphatic carbocycles. The van der Waals surface area contributed by atoms with E-state index in [4.69, 9.17) is 9.47 Å². The normalized spacial score (nSPS) is 27.5. The Balaban J connectivity index is 1.79. The Morgan fingerprint density at radius 1 is 1.25 bits per heavy atom. The van der Waals surface area contributed by atoms with E-state index in [-0.39, 0.29) is 41.6 Å². The van der Waals surface area contributed by atoms with Crippen LogP contribution in [0.1, 0.15) is 67.3 Å². The van der Waals surface area contributed by atoms with E-state index in [0.29, 0.717) is 25.0 Å². The number of hydrogen-bond acceptors (Lipinski definition) is 5. The van der Waals surface area contributed by atoms with Gasteiger partial charge in [0.05, 0.1) is 19.3 Å². The van der Waals surface area contributed by atoms with Crippen molar-refractivity contribution in [1.29, 1.82) is 0 Å². The molecule has 2 fully saturated rings. The second kappa shape index (κ2) is 7.26. The Bertz CT molecular complexity index is 861. The van der Waals surface area contributed by atoms with E-state index < -0.39 is 11.4 Å². The molecule has 4 rings (SSSR count). The summed E-state index contributed by atoms with van der Waals surface area (Å²) in [6.07, 6.45) is 5.21. The lowest BCUT2D eigenvalue weighted by Gasteiger charge is -2.42. The minimum absolute atomic E-state index is 0.00160. The first-order valence-corrected chi connectivity index (χ1v) is 10.4. The Morgan fingerprint density at radius 3 is 2.75 bits per heavy atom. The van der Waals surface area contributed by atoms with Crippen molar-refractivity contribution in [3.8, 4) is 5.75 Å². The van der Waals surface area contributed by atoms with Gasteiger partial charge < -0.3 is 18.9 Å². The summed E-state index contributed by atoms with van der Waals surface area (Å²) in [5, 5.41) is 0. The van der Waals surface area contributed by atoms with Crippen LogP contribution in [-0.4, -0.2) is 46.6 Å². The summed E-state index contributed by atoms with van der Waals surface area (Å²) < 4.78 is 12.6. The zero-order valence-corrected chi connectivity index (χ0v) is 16.8. The molecule has 7 nitrogen and oxygen atoms in total. The van der Waals surface area contributed by atoms with Crippen LogP contribution in [0.3, 0.4) is 0 Å². The van der Waals surface area contributed by atoms with Crippen LogP contribution in [0, 0.1) is 11.8 Å². The molecule has 1 saturated heterocycles. The van der Waals surface area contributed by atoms with Crippen molar-refractivity contribution < 1.29 is 19.1 Å². The number of fused-ring (bicyclic) bond motifs is 6. The molecule has 3 aliphatic rings. The molecule has 0 aromatic carbocycles. The standard InChI is InChI=1S/C21H28N2O5/c1-4-6-7-28-19-17-20(25)23-13-8-12(3)14(9-13)16(23)11-22(17)10-15(18(19)24)21(26)27-5-2/h10,12-14,16H,4-9,11H2,1-3H3/t12-,13+,14+,16+/m1/s1. The smallest absolute Gasteiger partial charge is 0.343 e. The van der Waals surface area contributed by atoms with Crippen molar-refractivity contribution in [2.45, 2.75) is 65.1 Å². The van der Waals surface area contributed by atoms with Gasteiger partial charge in [-0.25, -0.2) is 4.79 Å². The molecule has 0 unspecified atom stereocenters. The number of pyridine rings is 1. The molecule has 1 amide bonds. The summed E-state index contributed by atoms with van der Waals surface area (Å²) in [6.45, 7) is 7.08. The zero-order valence-electron chi connectivity index (χ0n) is 16.8. The highest BCUT2D eigenvalue weighted by Crippen LogP contribution is 2.49. The lowest BCUT2D eigenvalue weighted by atomic mass is 9.87. The highest BCUT2D eigenvalue weighted by atomic mass is 16.5. The van der Waals surface area contributed by atoms with Crippen LogP contribution in [0.25, 0.3) is 0 Å². The minimum atomic E-state index is -0.667. The van der Waals surface area contributed by atoms with Gasteiger partial charge in [0.25, 0.3) is 5.91 Å². The molecule has 2 aliphatic heterocycles. The van der Waals surface area contributed by atoms with Crippen LogP contribution in [0.15, 0.2) is 11.0 Å². The number of nitrogens with zero attached hydrogens (tertiary/aromatic N) is 2. The first-order valence-electron chi connectivity index (χ1n) is 10.4. The number of unbranched alkanes of at least 4 members (excludes halogenated alkanes) is 1. The van der Waals surface area contributed by atoms with Gasteiger partial charge in [-0.3, -0.25) is 9.59 Å². The zero-order chi connectivity index (χ0) is 20.0. The maximum Gasteiger partial charge on any atom is 0.343 e. The topological polar surface area (TPSA) is 77.8 Å². The van der Waals surface area contributed by atoms with Crippen molar-refractivity contribution in [2.75, 3.05) is 13.2 Å². The SMILES string of the molecule is CCCCOc1c2n(cc(C(=O)OCC)c1=O)C[C@H]1[C@H]3C[C@H](C[C@H]3C)N1C2=O. The van der Waals surface area contributed by atoms with Crippen LogP contribution in [-0.2, 0) is 11.3 Å². The first-order chi connectivity index (χ1) is 13.5. The Kier molecular flexibility index (Phi) is 4.93. The average Bonchev–Trinajstić information content (AvgIpc) is 3.21. The second-order valence-corrected chi connectivity index (χ2v) is 8.17. The fraction of sp³-hybridized carbons (Fsp3) is 0.667. The summed E-state index contributed by atoms with van der Waals surface area (Å²) in [5.74, 6) is 0.245. The molecular formula is C21H28N2O5. The van der Waals surface area contributed by atoms with Gasteiger partial charge in [-0.2, -0.15) is 0 Å². The van der Waals surface area contributed by atoms with Crippen LogP contribution in [0.5, 0.6) is 5.75 Å². The molecule has 3 heterocycles. The van der Waals surface area contributed by atoms with Gasteiger partial charge in [0.1, 0.15) is 5.56 Å². The van der Waals surface area contributed by atoms with Crippen molar-refractivity contribution in [3.05, 3.63) is 27.7 Å². The van der Waals surface area contributed by atoms with E-state index in [1.807, 2.05) is 11.8 Å². The maximum atomic E-state index is 13.4. The predicted octanol–water partition coefficient (Wildman–Crippen LogP) is 2.46. The summed E-state index contributed by atoms with van der Waals surface area (Å²) in [7, 11) is 0. The third kappa shape index (κ3) is 2.83. The van der Waals surface area contributed by atoms with Gasteiger partial charge in [-0.15, -0.1) is 0 Å². The maximum absolute atomic E-state index is 13.4. The van der Waals surface area contributed by atoms with E-state index in [9.17, 15) is 14.4 Å². The number of hydrogen-bond donors (Lipinski definition) is 0. The second-order valence-electron chi connectivity index (χ2n) is 8.17. The monoisotopic (exact) mass is 388 g/mol. The van der Waals surface area contributed by atoms with Gasteiger partial charge in [-0.05, 0) is 38.0 Å². The van der Waals surface area contributed by atoms with Crippen molar-refractivity contribution in [1.82, 2.24) is 9.47 Å². The van der Waals surface area contributed by atoms with Crippen molar-refractivity contribution in [2.24, 2.45) is 11.8 Å². The highest BCUT2D eigenvalue weighted by molar-refractivity contribution is 5.98. The molecule has 2 bridgehead atoms. The summed E-state index contributed by atoms with van der Waals surface area (Å²) >= 11 is 0. The minimum Gasteiger partial charge on any atom is -0.487 e. The molecule has 0 radical (unpaired) electrons. The number of rotatable bonds is 6. The van der Waals surface area contributed by atoms with E-state index in [1.54, 1.807) is 11.5 Å². The van der Waals surface area contributed by atoms with Crippen LogP contribution >= 0.6 is 0 Å². The van der Waals surface area contributed by atoms with Crippen molar-refractivity contribution >= 4 is 11.9 Å². The van der Waals surface area contributed by atoms with Crippen LogP contribution < -0.4 is 10.2 Å². The summed E-state index contributed by atoms with van der Waals surface area (Å²) in [5.41, 5.74) is -0.328. The van der Waals surface area contributed by atoms with Gasteiger partial charge in [0, 0.05) is 18.8 Å². The quantitative estimate of drug-likeness (QED) is 0.553. The van der Waals surface area contributed by atoms with E-state index in [2.05, 4.69) is 6.92 Å². The number of piperidine rings is 1. The van der Waals surface area contributed by atoms with Crippen LogP contribution in [0.4, 0.5) is 0 Å². The summed E-state index contributed by atoms with van der Waals surface area (Å²) in [6, 6.07) is 0.365. The fourth-order valence-corrected chi connectivity index (χ4v) is 5.16. The highest BCUT2D eigenvalue weighted by Gasteiger charge is 2.54. The molecule has 0 spiro atoms. The molecule has 1 aromatic rings. The predicted molar refractivity (Wildman–Crippen MR) is 103 cm³/mol. The third-order valence-corrected chi connectivity index (χ3v) is 6.46. The number of aromatic nitrogens is 1. The number of carbonyl (C=O) groups is 2. The summed E-state index contributed by atoms with van der Waals surface area (Å²) in [4.78, 5) is 40.7. The Labute approximate surface area is 164 Å². The average molecular weight is 388 g/mol. The molecule has 152 valence electrons. The molecule has 0 N–H and O–H groups in total. The number of esters is 1. The van der Waals surface area contributed by atoms with Gasteiger partial charge in [0.15, 0.2) is 11.4 Å². The van der Waals surface area contributed by atoms with Crippen molar-refractivity contribution in [3.63, 3.8) is 0 Å². The Hall–Kier alpha value is -2.31. The van der Waals surface area contributed by atoms with Gasteiger partial charge in [0.2, 0.25) is 5.43 Å². The molecule has 1 saturated carbocycles. The molecule has 28 heavy (non-hydrogen) atoms.